The van der Waals surface area contributed by atoms with Gasteiger partial charge in [-0.2, -0.15) is 0 Å². The van der Waals surface area contributed by atoms with Gasteiger partial charge in [-0.05, 0) is 18.8 Å². The molecule has 0 aromatic heterocycles. The topological polar surface area (TPSA) is 58.2 Å². The van der Waals surface area contributed by atoms with Gasteiger partial charge < -0.3 is 5.32 Å². The summed E-state index contributed by atoms with van der Waals surface area (Å²) in [6.07, 6.45) is 4.48. The van der Waals surface area contributed by atoms with E-state index in [1.54, 1.807) is 0 Å². The Bertz CT molecular complexity index is 246. The molecule has 4 nitrogen and oxygen atoms in total. The molecule has 0 saturated heterocycles. The van der Waals surface area contributed by atoms with Crippen molar-refractivity contribution in [3.05, 3.63) is 0 Å². The molecule has 1 aliphatic rings. The van der Waals surface area contributed by atoms with Crippen molar-refractivity contribution in [3.8, 4) is 0 Å². The molecular formula is C10H17ClN2O2. The second-order valence-electron chi connectivity index (χ2n) is 4.02. The second-order valence-corrected chi connectivity index (χ2v) is 4.29. The summed E-state index contributed by atoms with van der Waals surface area (Å²) < 4.78 is 0. The average molecular weight is 233 g/mol. The van der Waals surface area contributed by atoms with Gasteiger partial charge in [0, 0.05) is 6.04 Å². The molecule has 0 spiro atoms. The summed E-state index contributed by atoms with van der Waals surface area (Å²) in [4.78, 5) is 22.2. The molecule has 0 radical (unpaired) electrons. The van der Waals surface area contributed by atoms with Crippen LogP contribution in [0.2, 0.25) is 0 Å². The van der Waals surface area contributed by atoms with E-state index in [1.807, 2.05) is 0 Å². The zero-order chi connectivity index (χ0) is 11.3. The zero-order valence-corrected chi connectivity index (χ0v) is 9.64. The van der Waals surface area contributed by atoms with E-state index in [-0.39, 0.29) is 11.9 Å². The van der Waals surface area contributed by atoms with Crippen LogP contribution in [0.25, 0.3) is 0 Å². The molecule has 0 heterocycles. The predicted molar refractivity (Wildman–Crippen MR) is 58.8 cm³/mol. The van der Waals surface area contributed by atoms with Crippen LogP contribution in [-0.2, 0) is 4.79 Å². The van der Waals surface area contributed by atoms with Gasteiger partial charge in [0.25, 0.3) is 0 Å². The third kappa shape index (κ3) is 4.08. The molecule has 5 heteroatoms. The number of hydrogen-bond acceptors (Lipinski definition) is 2. The van der Waals surface area contributed by atoms with E-state index in [1.165, 1.54) is 6.42 Å². The number of carbonyl (C=O) groups excluding carboxylic acids is 2. The lowest BCUT2D eigenvalue weighted by Gasteiger charge is -2.29. The van der Waals surface area contributed by atoms with E-state index >= 15 is 0 Å². The SMILES string of the molecule is C[C@@H]1CCCC[C@H]1NC(=O)NC(=O)CCl. The number of rotatable bonds is 2. The van der Waals surface area contributed by atoms with Crippen LogP contribution < -0.4 is 10.6 Å². The van der Waals surface area contributed by atoms with E-state index in [0.717, 1.165) is 19.3 Å². The van der Waals surface area contributed by atoms with Gasteiger partial charge in [0.1, 0.15) is 5.88 Å². The highest BCUT2D eigenvalue weighted by molar-refractivity contribution is 6.28. The lowest BCUT2D eigenvalue weighted by atomic mass is 9.86. The zero-order valence-electron chi connectivity index (χ0n) is 8.88. The molecule has 86 valence electrons. The van der Waals surface area contributed by atoms with Crippen molar-refractivity contribution < 1.29 is 9.59 Å². The number of alkyl halides is 1. The van der Waals surface area contributed by atoms with Crippen molar-refractivity contribution in [1.82, 2.24) is 10.6 Å². The summed E-state index contributed by atoms with van der Waals surface area (Å²) in [5, 5.41) is 4.98. The first kappa shape index (κ1) is 12.3. The second kappa shape index (κ2) is 5.95. The average Bonchev–Trinajstić information content (AvgIpc) is 2.21. The number of halogens is 1. The molecule has 0 aromatic carbocycles. The fourth-order valence-electron chi connectivity index (χ4n) is 1.90. The van der Waals surface area contributed by atoms with Gasteiger partial charge in [-0.1, -0.05) is 19.8 Å². The van der Waals surface area contributed by atoms with Gasteiger partial charge in [-0.3, -0.25) is 10.1 Å². The van der Waals surface area contributed by atoms with Gasteiger partial charge in [-0.15, -0.1) is 11.6 Å². The van der Waals surface area contributed by atoms with Gasteiger partial charge >= 0.3 is 6.03 Å². The van der Waals surface area contributed by atoms with Crippen molar-refractivity contribution in [3.63, 3.8) is 0 Å². The minimum absolute atomic E-state index is 0.182. The molecule has 0 aliphatic heterocycles. The highest BCUT2D eigenvalue weighted by Crippen LogP contribution is 2.23. The Kier molecular flexibility index (Phi) is 4.88. The monoisotopic (exact) mass is 232 g/mol. The largest absolute Gasteiger partial charge is 0.335 e. The molecule has 2 N–H and O–H groups in total. The van der Waals surface area contributed by atoms with Crippen molar-refractivity contribution in [2.75, 3.05) is 5.88 Å². The van der Waals surface area contributed by atoms with Crippen molar-refractivity contribution in [2.24, 2.45) is 5.92 Å². The number of urea groups is 1. The summed E-state index contributed by atoms with van der Waals surface area (Å²) in [5.74, 6) is -0.165. The molecule has 0 unspecified atom stereocenters. The smallest absolute Gasteiger partial charge is 0.321 e. The Labute approximate surface area is 94.7 Å². The maximum Gasteiger partial charge on any atom is 0.321 e. The lowest BCUT2D eigenvalue weighted by Crippen LogP contribution is -2.48. The first-order valence-electron chi connectivity index (χ1n) is 5.29. The Morgan fingerprint density at radius 3 is 2.60 bits per heavy atom. The van der Waals surface area contributed by atoms with Crippen molar-refractivity contribution >= 4 is 23.5 Å². The molecule has 1 aliphatic carbocycles. The van der Waals surface area contributed by atoms with E-state index < -0.39 is 11.9 Å². The van der Waals surface area contributed by atoms with E-state index in [0.29, 0.717) is 5.92 Å². The van der Waals surface area contributed by atoms with E-state index in [9.17, 15) is 9.59 Å². The molecule has 0 aromatic rings. The molecule has 1 rings (SSSR count). The summed E-state index contributed by atoms with van der Waals surface area (Å²) >= 11 is 5.28. The molecule has 3 amide bonds. The third-order valence-electron chi connectivity index (χ3n) is 2.80. The molecule has 1 fully saturated rings. The highest BCUT2D eigenvalue weighted by Gasteiger charge is 2.23. The fraction of sp³-hybridized carbons (Fsp3) is 0.800. The summed E-state index contributed by atoms with van der Waals surface area (Å²) in [6, 6.07) is -0.249. The van der Waals surface area contributed by atoms with Crippen LogP contribution in [0.15, 0.2) is 0 Å². The molecule has 2 atom stereocenters. The third-order valence-corrected chi connectivity index (χ3v) is 3.05. The van der Waals surface area contributed by atoms with Gasteiger partial charge in [0.2, 0.25) is 5.91 Å². The fourth-order valence-corrected chi connectivity index (χ4v) is 1.96. The van der Waals surface area contributed by atoms with Crippen LogP contribution in [0.3, 0.4) is 0 Å². The molecule has 0 bridgehead atoms. The molecule has 1 saturated carbocycles. The quantitative estimate of drug-likeness (QED) is 0.711. The van der Waals surface area contributed by atoms with Crippen LogP contribution in [0.1, 0.15) is 32.6 Å². The van der Waals surface area contributed by atoms with E-state index in [4.69, 9.17) is 11.6 Å². The number of imide groups is 1. The number of hydrogen-bond donors (Lipinski definition) is 2. The summed E-state index contributed by atoms with van der Waals surface area (Å²) in [6.45, 7) is 2.12. The maximum atomic E-state index is 11.3. The summed E-state index contributed by atoms with van der Waals surface area (Å²) in [5.41, 5.74) is 0. The lowest BCUT2D eigenvalue weighted by molar-refractivity contribution is -0.117. The Hall–Kier alpha value is -0.770. The van der Waals surface area contributed by atoms with Gasteiger partial charge in [0.15, 0.2) is 0 Å². The Morgan fingerprint density at radius 2 is 2.00 bits per heavy atom. The first-order valence-corrected chi connectivity index (χ1v) is 5.83. The minimum atomic E-state index is -0.461. The van der Waals surface area contributed by atoms with Crippen LogP contribution in [0.5, 0.6) is 0 Å². The van der Waals surface area contributed by atoms with Crippen LogP contribution in [-0.4, -0.2) is 23.9 Å². The first-order chi connectivity index (χ1) is 7.13. The normalized spacial score (nSPS) is 25.7. The highest BCUT2D eigenvalue weighted by atomic mass is 35.5. The van der Waals surface area contributed by atoms with E-state index in [2.05, 4.69) is 17.6 Å². The van der Waals surface area contributed by atoms with Crippen LogP contribution in [0.4, 0.5) is 4.79 Å². The standard InChI is InChI=1S/C10H17ClN2O2/c1-7-4-2-3-5-8(7)12-10(15)13-9(14)6-11/h7-8H,2-6H2,1H3,(H2,12,13,14,15)/t7-,8-/m1/s1. The van der Waals surface area contributed by atoms with Crippen LogP contribution in [0, 0.1) is 5.92 Å². The van der Waals surface area contributed by atoms with Crippen molar-refractivity contribution in [1.29, 1.82) is 0 Å². The summed E-state index contributed by atoms with van der Waals surface area (Å²) in [7, 11) is 0. The predicted octanol–water partition coefficient (Wildman–Crippen LogP) is 1.63. The minimum Gasteiger partial charge on any atom is -0.335 e. The maximum absolute atomic E-state index is 11.3. The van der Waals surface area contributed by atoms with Gasteiger partial charge in [0.05, 0.1) is 0 Å². The number of carbonyl (C=O) groups is 2. The van der Waals surface area contributed by atoms with Gasteiger partial charge in [-0.25, -0.2) is 4.79 Å². The molecular weight excluding hydrogens is 216 g/mol. The van der Waals surface area contributed by atoms with Crippen LogP contribution >= 0.6 is 11.6 Å². The number of amides is 3. The van der Waals surface area contributed by atoms with Crippen molar-refractivity contribution in [2.45, 2.75) is 38.6 Å². The molecule has 15 heavy (non-hydrogen) atoms. The Balaban J connectivity index is 2.33. The number of nitrogens with one attached hydrogen (secondary N) is 2. The Morgan fingerprint density at radius 1 is 1.33 bits per heavy atom.